The Kier molecular flexibility index (Phi) is 7.29. The summed E-state index contributed by atoms with van der Waals surface area (Å²) in [6.45, 7) is 0.158. The number of benzene rings is 3. The largest absolute Gasteiger partial charge is 0.368 e. The lowest BCUT2D eigenvalue weighted by molar-refractivity contribution is -0.120. The van der Waals surface area contributed by atoms with Crippen molar-refractivity contribution in [1.29, 1.82) is 0 Å². The maximum atomic E-state index is 13.1. The van der Waals surface area contributed by atoms with E-state index in [4.69, 9.17) is 17.3 Å². The minimum Gasteiger partial charge on any atom is -0.368 e. The zero-order valence-corrected chi connectivity index (χ0v) is 18.8. The van der Waals surface area contributed by atoms with Crippen LogP contribution in [-0.4, -0.2) is 31.6 Å². The van der Waals surface area contributed by atoms with Gasteiger partial charge in [0.1, 0.15) is 6.04 Å². The van der Waals surface area contributed by atoms with Crippen molar-refractivity contribution in [3.05, 3.63) is 101 Å². The third-order valence-corrected chi connectivity index (χ3v) is 6.96. The lowest BCUT2D eigenvalue weighted by Crippen LogP contribution is -2.37. The van der Waals surface area contributed by atoms with E-state index in [1.807, 2.05) is 30.3 Å². The van der Waals surface area contributed by atoms with E-state index >= 15 is 0 Å². The van der Waals surface area contributed by atoms with E-state index < -0.39 is 27.9 Å². The van der Waals surface area contributed by atoms with Gasteiger partial charge in [-0.3, -0.25) is 9.59 Å². The average Bonchev–Trinajstić information content (AvgIpc) is 2.78. The van der Waals surface area contributed by atoms with Crippen molar-refractivity contribution in [2.75, 3.05) is 7.05 Å². The fourth-order valence-electron chi connectivity index (χ4n) is 3.12. The second-order valence-corrected chi connectivity index (χ2v) is 9.56. The Labute approximate surface area is 191 Å². The number of carbonyl (C=O) groups is 2. The van der Waals surface area contributed by atoms with Crippen LogP contribution in [0, 0.1) is 0 Å². The minimum atomic E-state index is -3.90. The van der Waals surface area contributed by atoms with Crippen LogP contribution < -0.4 is 11.1 Å². The topological polar surface area (TPSA) is 110 Å². The Bertz CT molecular complexity index is 1220. The normalized spacial score (nSPS) is 12.3. The van der Waals surface area contributed by atoms with Gasteiger partial charge < -0.3 is 11.1 Å². The molecule has 0 aliphatic heterocycles. The van der Waals surface area contributed by atoms with Gasteiger partial charge in [0.05, 0.1) is 15.5 Å². The van der Waals surface area contributed by atoms with Crippen LogP contribution in [0.2, 0.25) is 5.02 Å². The number of hydrogen-bond acceptors (Lipinski definition) is 4. The van der Waals surface area contributed by atoms with Crippen molar-refractivity contribution in [3.8, 4) is 0 Å². The number of nitrogens with zero attached hydrogens (tertiary/aromatic N) is 1. The molecule has 2 amide bonds. The maximum absolute atomic E-state index is 13.1. The van der Waals surface area contributed by atoms with Crippen LogP contribution in [0.25, 0.3) is 0 Å². The Morgan fingerprint density at radius 2 is 1.59 bits per heavy atom. The predicted molar refractivity (Wildman–Crippen MR) is 122 cm³/mol. The molecule has 1 atom stereocenters. The Hall–Kier alpha value is -3.20. The summed E-state index contributed by atoms with van der Waals surface area (Å²) in [5.41, 5.74) is 6.69. The molecule has 0 aliphatic rings. The Morgan fingerprint density at radius 1 is 1.00 bits per heavy atom. The van der Waals surface area contributed by atoms with Gasteiger partial charge in [-0.1, -0.05) is 72.3 Å². The quantitative estimate of drug-likeness (QED) is 0.526. The molecule has 166 valence electrons. The number of amides is 2. The van der Waals surface area contributed by atoms with Gasteiger partial charge in [0.2, 0.25) is 15.9 Å². The Balaban J connectivity index is 1.87. The number of nitrogens with one attached hydrogen (secondary N) is 1. The van der Waals surface area contributed by atoms with Gasteiger partial charge in [0.25, 0.3) is 5.91 Å². The molecule has 3 aromatic rings. The fourth-order valence-corrected chi connectivity index (χ4v) is 4.51. The monoisotopic (exact) mass is 471 g/mol. The number of sulfonamides is 1. The number of halogens is 1. The average molecular weight is 472 g/mol. The number of rotatable bonds is 8. The third-order valence-electron chi connectivity index (χ3n) is 4.83. The van der Waals surface area contributed by atoms with Gasteiger partial charge in [-0.05, 0) is 29.3 Å². The standard InChI is InChI=1S/C23H22ClN3O4S/c1-27(15-16-8-4-2-5-9-16)32(30,31)18-12-13-20(24)19(14-18)23(29)26-21(22(25)28)17-10-6-3-7-11-17/h2-14,21H,15H2,1H3,(H2,25,28)(H,26,29)/t21-/m1/s1. The molecule has 0 unspecified atom stereocenters. The number of primary amides is 1. The molecule has 0 aliphatic carbocycles. The molecule has 0 spiro atoms. The van der Waals surface area contributed by atoms with Crippen LogP contribution in [0.3, 0.4) is 0 Å². The summed E-state index contributed by atoms with van der Waals surface area (Å²) in [5.74, 6) is -1.47. The lowest BCUT2D eigenvalue weighted by atomic mass is 10.1. The number of carbonyl (C=O) groups excluding carboxylic acids is 2. The predicted octanol–water partition coefficient (Wildman–Crippen LogP) is 3.12. The highest BCUT2D eigenvalue weighted by Gasteiger charge is 2.26. The number of hydrogen-bond donors (Lipinski definition) is 2. The zero-order chi connectivity index (χ0) is 23.3. The highest BCUT2D eigenvalue weighted by Crippen LogP contribution is 2.24. The van der Waals surface area contributed by atoms with E-state index in [0.717, 1.165) is 5.56 Å². The van der Waals surface area contributed by atoms with Crippen molar-refractivity contribution >= 4 is 33.4 Å². The molecular weight excluding hydrogens is 450 g/mol. The fraction of sp³-hybridized carbons (Fsp3) is 0.130. The molecule has 3 N–H and O–H groups in total. The molecule has 9 heteroatoms. The first-order valence-electron chi connectivity index (χ1n) is 9.65. The first-order chi connectivity index (χ1) is 15.2. The molecule has 0 aromatic heterocycles. The summed E-state index contributed by atoms with van der Waals surface area (Å²) >= 11 is 6.17. The molecule has 0 radical (unpaired) electrons. The highest BCUT2D eigenvalue weighted by molar-refractivity contribution is 7.89. The molecule has 0 fully saturated rings. The summed E-state index contributed by atoms with van der Waals surface area (Å²) < 4.78 is 27.3. The lowest BCUT2D eigenvalue weighted by Gasteiger charge is -2.19. The van der Waals surface area contributed by atoms with E-state index in [-0.39, 0.29) is 22.0 Å². The second kappa shape index (κ2) is 9.95. The summed E-state index contributed by atoms with van der Waals surface area (Å²) in [4.78, 5) is 24.7. The molecule has 0 saturated heterocycles. The van der Waals surface area contributed by atoms with Crippen LogP contribution in [-0.2, 0) is 21.4 Å². The van der Waals surface area contributed by atoms with E-state index in [1.165, 1.54) is 29.6 Å². The van der Waals surface area contributed by atoms with E-state index in [0.29, 0.717) is 5.56 Å². The SMILES string of the molecule is CN(Cc1ccccc1)S(=O)(=O)c1ccc(Cl)c(C(=O)N[C@@H](C(N)=O)c2ccccc2)c1. The second-order valence-electron chi connectivity index (χ2n) is 7.11. The van der Waals surface area contributed by atoms with Crippen LogP contribution >= 0.6 is 11.6 Å². The summed E-state index contributed by atoms with van der Waals surface area (Å²) in [6, 6.07) is 20.4. The molecule has 0 saturated carbocycles. The molecule has 32 heavy (non-hydrogen) atoms. The third kappa shape index (κ3) is 5.34. The van der Waals surface area contributed by atoms with Crippen LogP contribution in [0.1, 0.15) is 27.5 Å². The summed E-state index contributed by atoms with van der Waals surface area (Å²) in [6.07, 6.45) is 0. The number of nitrogens with two attached hydrogens (primary N) is 1. The molecule has 0 heterocycles. The summed E-state index contributed by atoms with van der Waals surface area (Å²) in [7, 11) is -2.45. The van der Waals surface area contributed by atoms with Crippen molar-refractivity contribution in [2.45, 2.75) is 17.5 Å². The van der Waals surface area contributed by atoms with Gasteiger partial charge in [-0.2, -0.15) is 4.31 Å². The Morgan fingerprint density at radius 3 is 2.19 bits per heavy atom. The van der Waals surface area contributed by atoms with Gasteiger partial charge in [0, 0.05) is 13.6 Å². The van der Waals surface area contributed by atoms with E-state index in [9.17, 15) is 18.0 Å². The van der Waals surface area contributed by atoms with Gasteiger partial charge in [-0.15, -0.1) is 0 Å². The van der Waals surface area contributed by atoms with Gasteiger partial charge in [0.15, 0.2) is 0 Å². The van der Waals surface area contributed by atoms with Crippen molar-refractivity contribution in [1.82, 2.24) is 9.62 Å². The molecular formula is C23H22ClN3O4S. The van der Waals surface area contributed by atoms with Gasteiger partial charge in [-0.25, -0.2) is 8.42 Å². The first-order valence-corrected chi connectivity index (χ1v) is 11.5. The zero-order valence-electron chi connectivity index (χ0n) is 17.2. The molecule has 3 rings (SSSR count). The van der Waals surface area contributed by atoms with Crippen molar-refractivity contribution in [2.24, 2.45) is 5.73 Å². The van der Waals surface area contributed by atoms with Crippen molar-refractivity contribution < 1.29 is 18.0 Å². The molecule has 7 nitrogen and oxygen atoms in total. The van der Waals surface area contributed by atoms with Gasteiger partial charge >= 0.3 is 0 Å². The minimum absolute atomic E-state index is 0.0449. The first kappa shape index (κ1) is 23.5. The van der Waals surface area contributed by atoms with E-state index in [1.54, 1.807) is 30.3 Å². The summed E-state index contributed by atoms with van der Waals surface area (Å²) in [5, 5.41) is 2.58. The van der Waals surface area contributed by atoms with Crippen molar-refractivity contribution in [3.63, 3.8) is 0 Å². The van der Waals surface area contributed by atoms with E-state index in [2.05, 4.69) is 5.32 Å². The van der Waals surface area contributed by atoms with Crippen LogP contribution in [0.5, 0.6) is 0 Å². The van der Waals surface area contributed by atoms with Crippen LogP contribution in [0.4, 0.5) is 0 Å². The smallest absolute Gasteiger partial charge is 0.253 e. The highest BCUT2D eigenvalue weighted by atomic mass is 35.5. The van der Waals surface area contributed by atoms with Crippen LogP contribution in [0.15, 0.2) is 83.8 Å². The maximum Gasteiger partial charge on any atom is 0.253 e. The molecule has 0 bridgehead atoms. The molecule has 3 aromatic carbocycles.